The summed E-state index contributed by atoms with van der Waals surface area (Å²) in [5.74, 6) is -0.0693. The first-order valence-electron chi connectivity index (χ1n) is 5.80. The summed E-state index contributed by atoms with van der Waals surface area (Å²) in [6, 6.07) is 10.7. The van der Waals surface area contributed by atoms with E-state index in [9.17, 15) is 13.2 Å². The third-order valence-electron chi connectivity index (χ3n) is 2.61. The fourth-order valence-corrected chi connectivity index (χ4v) is 4.24. The van der Waals surface area contributed by atoms with E-state index in [2.05, 4.69) is 31.9 Å². The van der Waals surface area contributed by atoms with Crippen molar-refractivity contribution in [1.29, 1.82) is 0 Å². The van der Waals surface area contributed by atoms with Crippen LogP contribution in [0.2, 0.25) is 0 Å². The molecule has 0 aliphatic carbocycles. The van der Waals surface area contributed by atoms with Crippen LogP contribution in [0.15, 0.2) is 56.3 Å². The molecule has 0 aliphatic heterocycles. The summed E-state index contributed by atoms with van der Waals surface area (Å²) in [6.07, 6.45) is 0. The predicted molar refractivity (Wildman–Crippen MR) is 86.1 cm³/mol. The van der Waals surface area contributed by atoms with Crippen LogP contribution in [0.4, 0.5) is 0 Å². The molecule has 0 heterocycles. The molecule has 0 saturated carbocycles. The summed E-state index contributed by atoms with van der Waals surface area (Å²) >= 11 is 6.44. The van der Waals surface area contributed by atoms with Crippen molar-refractivity contribution in [2.75, 3.05) is 0 Å². The van der Waals surface area contributed by atoms with Gasteiger partial charge in [0.1, 0.15) is 10.6 Å². The third-order valence-corrected chi connectivity index (χ3v) is 5.33. The molecule has 0 N–H and O–H groups in total. The SMILES string of the molecule is CC(=O)c1cccc(OS(=O)(=O)c2ccc(Br)cc2Br)c1. The lowest BCUT2D eigenvalue weighted by Gasteiger charge is -2.09. The molecule has 0 bridgehead atoms. The van der Waals surface area contributed by atoms with Crippen molar-refractivity contribution in [3.8, 4) is 5.75 Å². The summed E-state index contributed by atoms with van der Waals surface area (Å²) in [5, 5.41) is 0. The molecular weight excluding hydrogens is 424 g/mol. The van der Waals surface area contributed by atoms with E-state index in [1.807, 2.05) is 0 Å². The van der Waals surface area contributed by atoms with Crippen LogP contribution in [0.1, 0.15) is 17.3 Å². The third kappa shape index (κ3) is 3.93. The highest BCUT2D eigenvalue weighted by molar-refractivity contribution is 9.11. The summed E-state index contributed by atoms with van der Waals surface area (Å²) in [4.78, 5) is 11.3. The monoisotopic (exact) mass is 432 g/mol. The summed E-state index contributed by atoms with van der Waals surface area (Å²) < 4.78 is 30.7. The second-order valence-corrected chi connectivity index (χ2v) is 7.48. The number of rotatable bonds is 4. The summed E-state index contributed by atoms with van der Waals surface area (Å²) in [5.41, 5.74) is 0.387. The van der Waals surface area contributed by atoms with Gasteiger partial charge in [-0.15, -0.1) is 0 Å². The molecule has 0 radical (unpaired) electrons. The number of benzene rings is 2. The molecule has 2 aromatic carbocycles. The summed E-state index contributed by atoms with van der Waals surface area (Å²) in [7, 11) is -3.98. The molecule has 2 rings (SSSR count). The van der Waals surface area contributed by atoms with E-state index in [4.69, 9.17) is 4.18 Å². The fraction of sp³-hybridized carbons (Fsp3) is 0.0714. The fourth-order valence-electron chi connectivity index (χ4n) is 1.62. The zero-order chi connectivity index (χ0) is 15.6. The molecule has 0 aliphatic rings. The van der Waals surface area contributed by atoms with Gasteiger partial charge in [0.15, 0.2) is 5.78 Å². The Morgan fingerprint density at radius 1 is 1.10 bits per heavy atom. The Hall–Kier alpha value is -1.18. The van der Waals surface area contributed by atoms with Crippen LogP contribution in [-0.2, 0) is 10.1 Å². The minimum Gasteiger partial charge on any atom is -0.379 e. The molecule has 0 aromatic heterocycles. The number of carbonyl (C=O) groups is 1. The van der Waals surface area contributed by atoms with E-state index in [0.717, 1.165) is 4.47 Å². The maximum absolute atomic E-state index is 12.3. The van der Waals surface area contributed by atoms with Gasteiger partial charge in [0.2, 0.25) is 0 Å². The minimum absolute atomic E-state index is 0.0129. The molecule has 7 heteroatoms. The van der Waals surface area contributed by atoms with Crippen LogP contribution in [0, 0.1) is 0 Å². The van der Waals surface area contributed by atoms with Gasteiger partial charge >= 0.3 is 10.1 Å². The molecule has 0 amide bonds. The Kier molecular flexibility index (Phi) is 4.85. The average Bonchev–Trinajstić information content (AvgIpc) is 2.37. The molecule has 110 valence electrons. The second kappa shape index (κ2) is 6.29. The highest BCUT2D eigenvalue weighted by atomic mass is 79.9. The smallest absolute Gasteiger partial charge is 0.340 e. The Bertz CT molecular complexity index is 800. The van der Waals surface area contributed by atoms with E-state index in [1.54, 1.807) is 24.3 Å². The average molecular weight is 434 g/mol. The van der Waals surface area contributed by atoms with Crippen LogP contribution >= 0.6 is 31.9 Å². The molecule has 0 spiro atoms. The zero-order valence-electron chi connectivity index (χ0n) is 10.8. The van der Waals surface area contributed by atoms with E-state index >= 15 is 0 Å². The first kappa shape index (κ1) is 16.2. The molecule has 0 fully saturated rings. The highest BCUT2D eigenvalue weighted by Gasteiger charge is 2.20. The van der Waals surface area contributed by atoms with Crippen molar-refractivity contribution in [3.63, 3.8) is 0 Å². The predicted octanol–water partition coefficient (Wildman–Crippen LogP) is 4.18. The maximum Gasteiger partial charge on any atom is 0.340 e. The summed E-state index contributed by atoms with van der Waals surface area (Å²) in [6.45, 7) is 1.40. The Morgan fingerprint density at radius 2 is 1.81 bits per heavy atom. The molecular formula is C14H10Br2O4S. The van der Waals surface area contributed by atoms with Crippen molar-refractivity contribution in [2.45, 2.75) is 11.8 Å². The lowest BCUT2D eigenvalue weighted by atomic mass is 10.1. The van der Waals surface area contributed by atoms with Crippen LogP contribution in [-0.4, -0.2) is 14.2 Å². The van der Waals surface area contributed by atoms with E-state index < -0.39 is 10.1 Å². The Morgan fingerprint density at radius 3 is 2.43 bits per heavy atom. The highest BCUT2D eigenvalue weighted by Crippen LogP contribution is 2.28. The molecule has 0 unspecified atom stereocenters. The van der Waals surface area contributed by atoms with Gasteiger partial charge in [-0.2, -0.15) is 8.42 Å². The zero-order valence-corrected chi connectivity index (χ0v) is 14.8. The molecule has 4 nitrogen and oxygen atoms in total. The van der Waals surface area contributed by atoms with Gasteiger partial charge in [0.05, 0.1) is 0 Å². The number of Topliss-reactive ketones (excluding diaryl/α,β-unsaturated/α-hetero) is 1. The van der Waals surface area contributed by atoms with Gasteiger partial charge in [0.25, 0.3) is 0 Å². The van der Waals surface area contributed by atoms with Gasteiger partial charge in [-0.05, 0) is 53.2 Å². The van der Waals surface area contributed by atoms with Gasteiger partial charge in [-0.1, -0.05) is 28.1 Å². The van der Waals surface area contributed by atoms with Crippen LogP contribution in [0.3, 0.4) is 0 Å². The van der Waals surface area contributed by atoms with Gasteiger partial charge in [0, 0.05) is 14.5 Å². The standard InChI is InChI=1S/C14H10Br2O4S/c1-9(17)10-3-2-4-12(7-10)20-21(18,19)14-6-5-11(15)8-13(14)16/h2-8H,1H3. The number of ketones is 1. The van der Waals surface area contributed by atoms with Crippen LogP contribution in [0.5, 0.6) is 5.75 Å². The molecule has 0 saturated heterocycles. The van der Waals surface area contributed by atoms with Crippen molar-refractivity contribution in [1.82, 2.24) is 0 Å². The van der Waals surface area contributed by atoms with E-state index in [-0.39, 0.29) is 16.4 Å². The first-order valence-corrected chi connectivity index (χ1v) is 8.79. The number of hydrogen-bond acceptors (Lipinski definition) is 4. The van der Waals surface area contributed by atoms with Gasteiger partial charge in [-0.25, -0.2) is 0 Å². The largest absolute Gasteiger partial charge is 0.379 e. The number of hydrogen-bond donors (Lipinski definition) is 0. The van der Waals surface area contributed by atoms with Crippen molar-refractivity contribution >= 4 is 47.8 Å². The van der Waals surface area contributed by atoms with Gasteiger partial charge < -0.3 is 4.18 Å². The first-order chi connectivity index (χ1) is 9.79. The van der Waals surface area contributed by atoms with E-state index in [1.165, 1.54) is 25.1 Å². The number of halogens is 2. The Balaban J connectivity index is 2.37. The van der Waals surface area contributed by atoms with E-state index in [0.29, 0.717) is 10.0 Å². The quantitative estimate of drug-likeness (QED) is 0.535. The lowest BCUT2D eigenvalue weighted by molar-refractivity contribution is 0.101. The normalized spacial score (nSPS) is 11.2. The molecule has 0 atom stereocenters. The van der Waals surface area contributed by atoms with Crippen LogP contribution in [0.25, 0.3) is 0 Å². The topological polar surface area (TPSA) is 60.4 Å². The molecule has 21 heavy (non-hydrogen) atoms. The van der Waals surface area contributed by atoms with Gasteiger partial charge in [-0.3, -0.25) is 4.79 Å². The lowest BCUT2D eigenvalue weighted by Crippen LogP contribution is -2.10. The Labute approximate surface area is 139 Å². The van der Waals surface area contributed by atoms with Crippen LogP contribution < -0.4 is 4.18 Å². The second-order valence-electron chi connectivity index (χ2n) is 4.20. The maximum atomic E-state index is 12.3. The number of carbonyl (C=O) groups excluding carboxylic acids is 1. The van der Waals surface area contributed by atoms with Crippen molar-refractivity contribution in [2.24, 2.45) is 0 Å². The molecule has 2 aromatic rings. The minimum atomic E-state index is -3.98. The van der Waals surface area contributed by atoms with Crippen molar-refractivity contribution in [3.05, 3.63) is 57.0 Å². The van der Waals surface area contributed by atoms with Crippen molar-refractivity contribution < 1.29 is 17.4 Å².